The number of nitrogens with zero attached hydrogens (tertiary/aromatic N) is 2. The summed E-state index contributed by atoms with van der Waals surface area (Å²) in [7, 11) is 0. The van der Waals surface area contributed by atoms with E-state index < -0.39 is 0 Å². The Hall–Kier alpha value is -0.500. The van der Waals surface area contributed by atoms with Gasteiger partial charge in [0.15, 0.2) is 0 Å². The maximum atomic E-state index is 6.42. The van der Waals surface area contributed by atoms with Crippen LogP contribution in [0.3, 0.4) is 0 Å². The van der Waals surface area contributed by atoms with Crippen LogP contribution in [0.1, 0.15) is 77.5 Å². The molecule has 0 aromatic carbocycles. The molecular formula is C17H29ClN2. The molecule has 0 radical (unpaired) electrons. The Bertz CT molecular complexity index is 399. The van der Waals surface area contributed by atoms with E-state index in [1.54, 1.807) is 0 Å². The quantitative estimate of drug-likeness (QED) is 0.668. The summed E-state index contributed by atoms with van der Waals surface area (Å²) in [6.45, 7) is 6.63. The lowest BCUT2D eigenvalue weighted by Crippen LogP contribution is -2.20. The van der Waals surface area contributed by atoms with E-state index >= 15 is 0 Å². The van der Waals surface area contributed by atoms with E-state index in [2.05, 4.69) is 37.7 Å². The van der Waals surface area contributed by atoms with Crippen LogP contribution in [0.15, 0.2) is 12.3 Å². The van der Waals surface area contributed by atoms with E-state index in [9.17, 15) is 0 Å². The van der Waals surface area contributed by atoms with Crippen LogP contribution in [-0.4, -0.2) is 15.2 Å². The van der Waals surface area contributed by atoms with Crippen molar-refractivity contribution in [2.45, 2.75) is 83.6 Å². The summed E-state index contributed by atoms with van der Waals surface area (Å²) in [5.74, 6) is 0. The Morgan fingerprint density at radius 3 is 2.65 bits per heavy atom. The van der Waals surface area contributed by atoms with Gasteiger partial charge in [0.2, 0.25) is 0 Å². The van der Waals surface area contributed by atoms with Gasteiger partial charge >= 0.3 is 0 Å². The Kier molecular flexibility index (Phi) is 5.54. The average molecular weight is 297 g/mol. The van der Waals surface area contributed by atoms with Crippen LogP contribution in [0, 0.1) is 5.41 Å². The number of aromatic nitrogens is 2. The van der Waals surface area contributed by atoms with Crippen molar-refractivity contribution in [1.82, 2.24) is 9.78 Å². The van der Waals surface area contributed by atoms with Crippen molar-refractivity contribution in [3.63, 3.8) is 0 Å². The van der Waals surface area contributed by atoms with Crippen LogP contribution in [0.4, 0.5) is 0 Å². The Balaban J connectivity index is 1.78. The molecule has 2 rings (SSSR count). The normalized spacial score (nSPS) is 19.2. The van der Waals surface area contributed by atoms with Crippen LogP contribution < -0.4 is 0 Å². The Morgan fingerprint density at radius 2 is 2.00 bits per heavy atom. The van der Waals surface area contributed by atoms with E-state index in [4.69, 9.17) is 16.7 Å². The minimum atomic E-state index is 0.197. The summed E-state index contributed by atoms with van der Waals surface area (Å²) in [5, 5.41) is 5.02. The molecule has 0 saturated heterocycles. The molecule has 3 heteroatoms. The zero-order valence-corrected chi connectivity index (χ0v) is 14.0. The summed E-state index contributed by atoms with van der Waals surface area (Å²) in [5.41, 5.74) is 1.43. The molecule has 1 aromatic heterocycles. The molecule has 1 aliphatic carbocycles. The number of alkyl halides is 1. The molecule has 20 heavy (non-hydrogen) atoms. The van der Waals surface area contributed by atoms with Crippen molar-refractivity contribution in [2.75, 3.05) is 0 Å². The number of hydrogen-bond donors (Lipinski definition) is 0. The summed E-state index contributed by atoms with van der Waals surface area (Å²) < 4.78 is 2.20. The molecule has 1 unspecified atom stereocenters. The van der Waals surface area contributed by atoms with Gasteiger partial charge in [-0.2, -0.15) is 5.10 Å². The average Bonchev–Trinajstić information content (AvgIpc) is 2.87. The smallest absolute Gasteiger partial charge is 0.0624 e. The fraction of sp³-hybridized carbons (Fsp3) is 0.824. The van der Waals surface area contributed by atoms with Crippen molar-refractivity contribution in [3.05, 3.63) is 18.0 Å². The number of hydrogen-bond acceptors (Lipinski definition) is 1. The lowest BCUT2D eigenvalue weighted by Gasteiger charge is -2.24. The van der Waals surface area contributed by atoms with Gasteiger partial charge in [-0.15, -0.1) is 11.6 Å². The number of rotatable bonds is 5. The molecule has 0 spiro atoms. The predicted octanol–water partition coefficient (Wildman–Crippen LogP) is 5.36. The monoisotopic (exact) mass is 296 g/mol. The molecule has 1 saturated carbocycles. The third kappa shape index (κ3) is 4.51. The molecule has 0 amide bonds. The van der Waals surface area contributed by atoms with E-state index in [0.29, 0.717) is 6.04 Å². The van der Waals surface area contributed by atoms with Crippen LogP contribution in [-0.2, 0) is 6.42 Å². The molecule has 1 atom stereocenters. The molecule has 1 heterocycles. The minimum Gasteiger partial charge on any atom is -0.269 e. The summed E-state index contributed by atoms with van der Waals surface area (Å²) >= 11 is 6.42. The molecule has 0 N–H and O–H groups in total. The van der Waals surface area contributed by atoms with Gasteiger partial charge in [-0.05, 0) is 43.6 Å². The molecule has 0 aliphatic heterocycles. The maximum Gasteiger partial charge on any atom is 0.0624 e. The molecule has 1 aromatic rings. The van der Waals surface area contributed by atoms with Crippen LogP contribution in [0.2, 0.25) is 0 Å². The molecule has 114 valence electrons. The second-order valence-electron chi connectivity index (χ2n) is 7.30. The van der Waals surface area contributed by atoms with Crippen molar-refractivity contribution >= 4 is 11.6 Å². The fourth-order valence-electron chi connectivity index (χ4n) is 2.96. The lowest BCUT2D eigenvalue weighted by atomic mass is 9.89. The second-order valence-corrected chi connectivity index (χ2v) is 7.83. The van der Waals surface area contributed by atoms with Gasteiger partial charge < -0.3 is 0 Å². The molecule has 0 bridgehead atoms. The predicted molar refractivity (Wildman–Crippen MR) is 86.4 cm³/mol. The fourth-order valence-corrected chi connectivity index (χ4v) is 3.11. The van der Waals surface area contributed by atoms with E-state index in [0.717, 1.165) is 19.3 Å². The molecule has 1 fully saturated rings. The largest absolute Gasteiger partial charge is 0.269 e. The topological polar surface area (TPSA) is 17.8 Å². The van der Waals surface area contributed by atoms with Gasteiger partial charge in [0.25, 0.3) is 0 Å². The lowest BCUT2D eigenvalue weighted by molar-refractivity contribution is 0.327. The summed E-state index contributed by atoms with van der Waals surface area (Å²) in [6, 6.07) is 2.84. The zero-order valence-electron chi connectivity index (χ0n) is 13.2. The zero-order chi connectivity index (χ0) is 14.6. The molecular weight excluding hydrogens is 268 g/mol. The van der Waals surface area contributed by atoms with Crippen LogP contribution in [0.5, 0.6) is 0 Å². The van der Waals surface area contributed by atoms with E-state index in [1.807, 2.05) is 0 Å². The van der Waals surface area contributed by atoms with E-state index in [-0.39, 0.29) is 10.8 Å². The number of halogens is 1. The third-order valence-corrected chi connectivity index (χ3v) is 5.32. The van der Waals surface area contributed by atoms with Crippen LogP contribution >= 0.6 is 11.6 Å². The Labute approximate surface area is 128 Å². The molecule has 2 nitrogen and oxygen atoms in total. The maximum absolute atomic E-state index is 6.42. The standard InChI is InChI=1S/C17H29ClN2/c1-17(2,3)16(18)11-7-8-14-12-13-20(19-14)15-9-5-4-6-10-15/h12-13,15-16H,4-11H2,1-3H3. The molecule has 1 aliphatic rings. The highest BCUT2D eigenvalue weighted by Gasteiger charge is 2.21. The highest BCUT2D eigenvalue weighted by molar-refractivity contribution is 6.21. The van der Waals surface area contributed by atoms with Crippen molar-refractivity contribution in [1.29, 1.82) is 0 Å². The Morgan fingerprint density at radius 1 is 1.30 bits per heavy atom. The first-order valence-electron chi connectivity index (χ1n) is 8.15. The second kappa shape index (κ2) is 6.98. The first kappa shape index (κ1) is 15.9. The minimum absolute atomic E-state index is 0.197. The summed E-state index contributed by atoms with van der Waals surface area (Å²) in [6.07, 6.45) is 12.2. The van der Waals surface area contributed by atoms with Gasteiger partial charge in [-0.3, -0.25) is 4.68 Å². The van der Waals surface area contributed by atoms with Crippen molar-refractivity contribution in [3.8, 4) is 0 Å². The van der Waals surface area contributed by atoms with E-state index in [1.165, 1.54) is 37.8 Å². The van der Waals surface area contributed by atoms with Gasteiger partial charge in [0.1, 0.15) is 0 Å². The number of aryl methyl sites for hydroxylation is 1. The highest BCUT2D eigenvalue weighted by atomic mass is 35.5. The first-order valence-corrected chi connectivity index (χ1v) is 8.58. The van der Waals surface area contributed by atoms with Crippen LogP contribution in [0.25, 0.3) is 0 Å². The highest BCUT2D eigenvalue weighted by Crippen LogP contribution is 2.29. The SMILES string of the molecule is CC(C)(C)C(Cl)CCCc1ccn(C2CCCCC2)n1. The van der Waals surface area contributed by atoms with Gasteiger partial charge in [0, 0.05) is 11.6 Å². The van der Waals surface area contributed by atoms with Gasteiger partial charge in [-0.1, -0.05) is 40.0 Å². The third-order valence-electron chi connectivity index (χ3n) is 4.44. The van der Waals surface area contributed by atoms with Gasteiger partial charge in [-0.25, -0.2) is 0 Å². The summed E-state index contributed by atoms with van der Waals surface area (Å²) in [4.78, 5) is 0. The van der Waals surface area contributed by atoms with Crippen molar-refractivity contribution in [2.24, 2.45) is 5.41 Å². The van der Waals surface area contributed by atoms with Gasteiger partial charge in [0.05, 0.1) is 11.7 Å². The first-order chi connectivity index (χ1) is 9.47. The van der Waals surface area contributed by atoms with Crippen molar-refractivity contribution < 1.29 is 0 Å².